The Hall–Kier alpha value is -1.43. The molecule has 2 aliphatic rings. The molecule has 6 nitrogen and oxygen atoms in total. The van der Waals surface area contributed by atoms with Crippen LogP contribution in [0.25, 0.3) is 0 Å². The Kier molecular flexibility index (Phi) is 3.08. The predicted molar refractivity (Wildman–Crippen MR) is 73.2 cm³/mol. The van der Waals surface area contributed by atoms with Gasteiger partial charge < -0.3 is 10.0 Å². The number of H-pyrrole nitrogens is 1. The van der Waals surface area contributed by atoms with Crippen LogP contribution in [0.5, 0.6) is 0 Å². The number of nitrogens with one attached hydrogen (secondary N) is 1. The van der Waals surface area contributed by atoms with E-state index < -0.39 is 0 Å². The summed E-state index contributed by atoms with van der Waals surface area (Å²) in [7, 11) is 0. The third kappa shape index (κ3) is 2.22. The minimum atomic E-state index is -0.255. The molecular weight excluding hydrogens is 256 g/mol. The van der Waals surface area contributed by atoms with Crippen molar-refractivity contribution >= 4 is 5.91 Å². The smallest absolute Gasteiger partial charge is 0.293 e. The van der Waals surface area contributed by atoms with Gasteiger partial charge >= 0.3 is 0 Å². The maximum Gasteiger partial charge on any atom is 0.293 e. The Morgan fingerprint density at radius 3 is 2.70 bits per heavy atom. The third-order valence-electron chi connectivity index (χ3n) is 4.49. The molecule has 3 rings (SSSR count). The molecule has 1 aromatic heterocycles. The first-order valence-corrected chi connectivity index (χ1v) is 7.26. The molecule has 1 aliphatic heterocycles. The van der Waals surface area contributed by atoms with Crippen LogP contribution >= 0.6 is 0 Å². The predicted octanol–water partition coefficient (Wildman–Crippen LogP) is 0.945. The second kappa shape index (κ2) is 4.55. The van der Waals surface area contributed by atoms with Gasteiger partial charge in [-0.1, -0.05) is 20.8 Å². The SMILES string of the molecule is CC(C)(C)c1nc(C(=O)N2CC3CCC(O)C3C2)n[nH]1. The van der Waals surface area contributed by atoms with Gasteiger partial charge in [-0.05, 0) is 18.8 Å². The standard InChI is InChI=1S/C14H22N4O2/c1-14(2,3)13-15-11(16-17-13)12(20)18-6-8-4-5-10(19)9(8)7-18/h8-10,19H,4-7H2,1-3H3,(H,15,16,17). The quantitative estimate of drug-likeness (QED) is 0.801. The van der Waals surface area contributed by atoms with Crippen LogP contribution in [0.1, 0.15) is 50.1 Å². The van der Waals surface area contributed by atoms with E-state index in [1.165, 1.54) is 0 Å². The van der Waals surface area contributed by atoms with Gasteiger partial charge in [-0.2, -0.15) is 0 Å². The molecule has 1 saturated carbocycles. The fraction of sp³-hybridized carbons (Fsp3) is 0.786. The van der Waals surface area contributed by atoms with Gasteiger partial charge in [0.1, 0.15) is 5.82 Å². The van der Waals surface area contributed by atoms with Crippen molar-refractivity contribution in [2.45, 2.75) is 45.1 Å². The molecule has 1 amide bonds. The zero-order valence-electron chi connectivity index (χ0n) is 12.3. The molecule has 1 saturated heterocycles. The first-order chi connectivity index (χ1) is 9.36. The van der Waals surface area contributed by atoms with E-state index in [0.29, 0.717) is 12.5 Å². The lowest BCUT2D eigenvalue weighted by molar-refractivity contribution is 0.0741. The van der Waals surface area contributed by atoms with Crippen molar-refractivity contribution in [3.05, 3.63) is 11.6 Å². The summed E-state index contributed by atoms with van der Waals surface area (Å²) in [5.74, 6) is 1.51. The van der Waals surface area contributed by atoms with Crippen molar-refractivity contribution in [2.24, 2.45) is 11.8 Å². The van der Waals surface area contributed by atoms with E-state index in [0.717, 1.165) is 25.2 Å². The molecule has 2 heterocycles. The molecule has 0 aromatic carbocycles. The number of aromatic amines is 1. The highest BCUT2D eigenvalue weighted by atomic mass is 16.3. The first kappa shape index (κ1) is 13.5. The number of amides is 1. The van der Waals surface area contributed by atoms with Crippen LogP contribution in [-0.4, -0.2) is 50.3 Å². The average molecular weight is 278 g/mol. The minimum Gasteiger partial charge on any atom is -0.393 e. The van der Waals surface area contributed by atoms with Crippen molar-refractivity contribution in [3.63, 3.8) is 0 Å². The number of nitrogens with zero attached hydrogens (tertiary/aromatic N) is 3. The fourth-order valence-electron chi connectivity index (χ4n) is 3.24. The summed E-state index contributed by atoms with van der Waals surface area (Å²) in [6.45, 7) is 7.43. The molecule has 110 valence electrons. The summed E-state index contributed by atoms with van der Waals surface area (Å²) < 4.78 is 0. The van der Waals surface area contributed by atoms with Crippen molar-refractivity contribution in [2.75, 3.05) is 13.1 Å². The summed E-state index contributed by atoms with van der Waals surface area (Å²) >= 11 is 0. The number of rotatable bonds is 1. The highest BCUT2D eigenvalue weighted by molar-refractivity contribution is 5.90. The van der Waals surface area contributed by atoms with Crippen LogP contribution in [0.4, 0.5) is 0 Å². The van der Waals surface area contributed by atoms with Gasteiger partial charge in [-0.15, -0.1) is 5.10 Å². The zero-order valence-corrected chi connectivity index (χ0v) is 12.3. The Labute approximate surface area is 118 Å². The summed E-state index contributed by atoms with van der Waals surface area (Å²) in [6, 6.07) is 0. The second-order valence-electron chi connectivity index (χ2n) is 7.04. The van der Waals surface area contributed by atoms with Crippen molar-refractivity contribution in [1.29, 1.82) is 0 Å². The maximum atomic E-state index is 12.4. The molecule has 20 heavy (non-hydrogen) atoms. The number of fused-ring (bicyclic) bond motifs is 1. The van der Waals surface area contributed by atoms with Gasteiger partial charge in [0.2, 0.25) is 5.82 Å². The second-order valence-corrected chi connectivity index (χ2v) is 7.04. The van der Waals surface area contributed by atoms with Gasteiger partial charge in [0.15, 0.2) is 0 Å². The Balaban J connectivity index is 1.73. The number of aliphatic hydroxyl groups is 1. The summed E-state index contributed by atoms with van der Waals surface area (Å²) in [6.07, 6.45) is 1.62. The van der Waals surface area contributed by atoms with E-state index in [1.54, 1.807) is 4.90 Å². The summed E-state index contributed by atoms with van der Waals surface area (Å²) in [5.41, 5.74) is -0.150. The van der Waals surface area contributed by atoms with Gasteiger partial charge in [0.05, 0.1) is 6.10 Å². The molecule has 2 fully saturated rings. The monoisotopic (exact) mass is 278 g/mol. The Bertz CT molecular complexity index is 519. The van der Waals surface area contributed by atoms with E-state index in [-0.39, 0.29) is 29.2 Å². The van der Waals surface area contributed by atoms with E-state index in [9.17, 15) is 9.90 Å². The number of likely N-dealkylation sites (tertiary alicyclic amines) is 1. The molecule has 3 atom stereocenters. The molecular formula is C14H22N4O2. The number of aliphatic hydroxyl groups excluding tert-OH is 1. The number of hydrogen-bond acceptors (Lipinski definition) is 4. The third-order valence-corrected chi connectivity index (χ3v) is 4.49. The van der Waals surface area contributed by atoms with Gasteiger partial charge in [-0.25, -0.2) is 4.98 Å². The average Bonchev–Trinajstić information content (AvgIpc) is 3.04. The molecule has 1 aliphatic carbocycles. The number of hydrogen-bond donors (Lipinski definition) is 2. The lowest BCUT2D eigenvalue weighted by Gasteiger charge is -2.16. The van der Waals surface area contributed by atoms with E-state index in [4.69, 9.17) is 0 Å². The van der Waals surface area contributed by atoms with Gasteiger partial charge in [0, 0.05) is 24.4 Å². The van der Waals surface area contributed by atoms with Crippen LogP contribution in [0.2, 0.25) is 0 Å². The normalized spacial score (nSPS) is 29.8. The minimum absolute atomic E-state index is 0.127. The lowest BCUT2D eigenvalue weighted by Crippen LogP contribution is -2.31. The highest BCUT2D eigenvalue weighted by Crippen LogP contribution is 2.38. The van der Waals surface area contributed by atoms with Gasteiger partial charge in [-0.3, -0.25) is 9.89 Å². The van der Waals surface area contributed by atoms with Crippen LogP contribution < -0.4 is 0 Å². The Morgan fingerprint density at radius 2 is 2.10 bits per heavy atom. The number of carbonyl (C=O) groups is 1. The van der Waals surface area contributed by atoms with Crippen LogP contribution in [0, 0.1) is 11.8 Å². The molecule has 1 aromatic rings. The van der Waals surface area contributed by atoms with Gasteiger partial charge in [0.25, 0.3) is 5.91 Å². The number of carbonyl (C=O) groups excluding carboxylic acids is 1. The van der Waals surface area contributed by atoms with E-state index >= 15 is 0 Å². The van der Waals surface area contributed by atoms with Crippen molar-refractivity contribution in [3.8, 4) is 0 Å². The topological polar surface area (TPSA) is 82.1 Å². The molecule has 3 unspecified atom stereocenters. The maximum absolute atomic E-state index is 12.4. The van der Waals surface area contributed by atoms with Crippen molar-refractivity contribution in [1.82, 2.24) is 20.1 Å². The highest BCUT2D eigenvalue weighted by Gasteiger charge is 2.44. The summed E-state index contributed by atoms with van der Waals surface area (Å²) in [5, 5.41) is 16.8. The van der Waals surface area contributed by atoms with Crippen LogP contribution in [0.15, 0.2) is 0 Å². The van der Waals surface area contributed by atoms with E-state index in [1.807, 2.05) is 20.8 Å². The molecule has 0 bridgehead atoms. The fourth-order valence-corrected chi connectivity index (χ4v) is 3.24. The van der Waals surface area contributed by atoms with Crippen LogP contribution in [0.3, 0.4) is 0 Å². The first-order valence-electron chi connectivity index (χ1n) is 7.26. The largest absolute Gasteiger partial charge is 0.393 e. The zero-order chi connectivity index (χ0) is 14.5. The van der Waals surface area contributed by atoms with Crippen LogP contribution in [-0.2, 0) is 5.41 Å². The van der Waals surface area contributed by atoms with Crippen molar-refractivity contribution < 1.29 is 9.90 Å². The Morgan fingerprint density at radius 1 is 1.35 bits per heavy atom. The molecule has 0 radical (unpaired) electrons. The summed E-state index contributed by atoms with van der Waals surface area (Å²) in [4.78, 5) is 18.5. The molecule has 6 heteroatoms. The molecule has 0 spiro atoms. The van der Waals surface area contributed by atoms with E-state index in [2.05, 4.69) is 15.2 Å². The molecule has 2 N–H and O–H groups in total. The lowest BCUT2D eigenvalue weighted by atomic mass is 9.96. The number of aromatic nitrogens is 3.